The van der Waals surface area contributed by atoms with Gasteiger partial charge in [-0.2, -0.15) is 5.10 Å². The first-order valence-corrected chi connectivity index (χ1v) is 5.27. The fourth-order valence-electron chi connectivity index (χ4n) is 1.98. The maximum absolute atomic E-state index is 11.7. The Morgan fingerprint density at radius 2 is 2.17 bits per heavy atom. The first-order valence-electron chi connectivity index (χ1n) is 5.27. The molecule has 90 valence electrons. The highest BCUT2D eigenvalue weighted by molar-refractivity contribution is 5.93. The van der Waals surface area contributed by atoms with Crippen molar-refractivity contribution in [3.8, 4) is 11.3 Å². The summed E-state index contributed by atoms with van der Waals surface area (Å²) >= 11 is 0. The van der Waals surface area contributed by atoms with Crippen LogP contribution in [0.2, 0.25) is 0 Å². The summed E-state index contributed by atoms with van der Waals surface area (Å²) in [6.45, 7) is 0. The van der Waals surface area contributed by atoms with Crippen molar-refractivity contribution in [2.24, 2.45) is 0 Å². The summed E-state index contributed by atoms with van der Waals surface area (Å²) < 4.78 is 5.48. The fraction of sp³-hybridized carbons (Fsp3) is 0.0833. The standard InChI is InChI=1S/C12H8N2O4/c15-9(16)5-8-10-11(13-14-12(10)17)6-3-1-2-4-7(6)18-8/h1-4H,5H2,(H,14,17)(H,15,16). The molecule has 0 saturated carbocycles. The predicted octanol–water partition coefficient (Wildman–Crippen LogP) is 1.25. The number of hydrogen-bond donors (Lipinski definition) is 2. The van der Waals surface area contributed by atoms with Gasteiger partial charge in [0.15, 0.2) is 0 Å². The van der Waals surface area contributed by atoms with Crippen LogP contribution in [0.4, 0.5) is 0 Å². The first kappa shape index (κ1) is 10.5. The van der Waals surface area contributed by atoms with Crippen molar-refractivity contribution in [2.75, 3.05) is 0 Å². The van der Waals surface area contributed by atoms with Crippen LogP contribution < -0.4 is 5.56 Å². The van der Waals surface area contributed by atoms with E-state index in [4.69, 9.17) is 9.52 Å². The first-order chi connectivity index (χ1) is 8.66. The third-order valence-corrected chi connectivity index (χ3v) is 2.70. The summed E-state index contributed by atoms with van der Waals surface area (Å²) in [5.74, 6) is -0.939. The number of rotatable bonds is 2. The van der Waals surface area contributed by atoms with Crippen LogP contribution in [0.15, 0.2) is 33.5 Å². The van der Waals surface area contributed by atoms with Gasteiger partial charge in [0.25, 0.3) is 5.56 Å². The average molecular weight is 244 g/mol. The number of carboxylic acids is 1. The van der Waals surface area contributed by atoms with E-state index in [-0.39, 0.29) is 17.7 Å². The van der Waals surface area contributed by atoms with Crippen LogP contribution in [0.25, 0.3) is 22.2 Å². The lowest BCUT2D eigenvalue weighted by molar-refractivity contribution is -0.136. The van der Waals surface area contributed by atoms with Crippen molar-refractivity contribution in [3.05, 3.63) is 40.4 Å². The van der Waals surface area contributed by atoms with E-state index in [1.807, 2.05) is 0 Å². The monoisotopic (exact) mass is 244 g/mol. The Hall–Kier alpha value is -2.63. The lowest BCUT2D eigenvalue weighted by Crippen LogP contribution is -2.08. The molecule has 3 rings (SSSR count). The molecule has 0 atom stereocenters. The van der Waals surface area contributed by atoms with Gasteiger partial charge in [-0.3, -0.25) is 9.59 Å². The highest BCUT2D eigenvalue weighted by Gasteiger charge is 2.22. The number of fused-ring (bicyclic) bond motifs is 3. The zero-order chi connectivity index (χ0) is 12.7. The van der Waals surface area contributed by atoms with Crippen molar-refractivity contribution in [2.45, 2.75) is 6.42 Å². The van der Waals surface area contributed by atoms with E-state index in [2.05, 4.69) is 10.2 Å². The number of para-hydroxylation sites is 1. The maximum Gasteiger partial charge on any atom is 0.311 e. The third-order valence-electron chi connectivity index (χ3n) is 2.70. The zero-order valence-corrected chi connectivity index (χ0v) is 9.14. The van der Waals surface area contributed by atoms with Gasteiger partial charge < -0.3 is 9.52 Å². The van der Waals surface area contributed by atoms with Crippen molar-refractivity contribution in [3.63, 3.8) is 0 Å². The van der Waals surface area contributed by atoms with Gasteiger partial charge in [-0.05, 0) is 12.1 Å². The maximum atomic E-state index is 11.7. The Balaban J connectivity index is 2.42. The normalized spacial score (nSPS) is 11.1. The minimum absolute atomic E-state index is 0.120. The molecule has 0 saturated heterocycles. The number of benzene rings is 1. The molecule has 1 aromatic rings. The SMILES string of the molecule is O=C(O)Cc1oc2ccccc2c2n[nH]c(=O)c1-2. The molecular weight excluding hydrogens is 236 g/mol. The molecule has 18 heavy (non-hydrogen) atoms. The number of hydrogen-bond acceptors (Lipinski definition) is 4. The van der Waals surface area contributed by atoms with E-state index < -0.39 is 11.5 Å². The molecule has 0 unspecified atom stereocenters. The molecule has 2 N–H and O–H groups in total. The smallest absolute Gasteiger partial charge is 0.311 e. The predicted molar refractivity (Wildman–Crippen MR) is 62.6 cm³/mol. The van der Waals surface area contributed by atoms with Crippen LogP contribution in [0.3, 0.4) is 0 Å². The van der Waals surface area contributed by atoms with Crippen LogP contribution >= 0.6 is 0 Å². The number of nitrogens with one attached hydrogen (secondary N) is 1. The Kier molecular flexibility index (Phi) is 2.16. The van der Waals surface area contributed by atoms with E-state index in [0.29, 0.717) is 16.7 Å². The quantitative estimate of drug-likeness (QED) is 0.707. The molecule has 2 aliphatic heterocycles. The number of carboxylic acid groups (broad SMARTS) is 1. The van der Waals surface area contributed by atoms with Gasteiger partial charge in [0.2, 0.25) is 0 Å². The molecule has 2 aliphatic rings. The second-order valence-corrected chi connectivity index (χ2v) is 3.87. The molecule has 6 nitrogen and oxygen atoms in total. The lowest BCUT2D eigenvalue weighted by Gasteiger charge is -2.06. The molecule has 2 heterocycles. The van der Waals surface area contributed by atoms with E-state index in [1.54, 1.807) is 24.3 Å². The molecular formula is C12H8N2O4. The van der Waals surface area contributed by atoms with Gasteiger partial charge in [0.05, 0.1) is 0 Å². The summed E-state index contributed by atoms with van der Waals surface area (Å²) in [5.41, 5.74) is 0.720. The van der Waals surface area contributed by atoms with E-state index in [0.717, 1.165) is 0 Å². The molecule has 0 fully saturated rings. The van der Waals surface area contributed by atoms with Gasteiger partial charge >= 0.3 is 5.97 Å². The number of aromatic nitrogens is 2. The molecule has 1 aromatic carbocycles. The molecule has 0 bridgehead atoms. The van der Waals surface area contributed by atoms with Crippen molar-refractivity contribution < 1.29 is 14.3 Å². The lowest BCUT2D eigenvalue weighted by atomic mass is 10.1. The Labute approximate surface area is 100 Å². The Morgan fingerprint density at radius 1 is 1.39 bits per heavy atom. The molecule has 0 spiro atoms. The average Bonchev–Trinajstić information content (AvgIpc) is 2.72. The van der Waals surface area contributed by atoms with E-state index in [1.165, 1.54) is 0 Å². The number of aliphatic carboxylic acids is 1. The highest BCUT2D eigenvalue weighted by atomic mass is 16.4. The topological polar surface area (TPSA) is 96.2 Å². The van der Waals surface area contributed by atoms with Crippen LogP contribution in [-0.2, 0) is 11.2 Å². The van der Waals surface area contributed by atoms with Gasteiger partial charge in [-0.25, -0.2) is 5.10 Å². The Morgan fingerprint density at radius 3 is 2.94 bits per heavy atom. The molecule has 0 radical (unpaired) electrons. The van der Waals surface area contributed by atoms with Crippen LogP contribution in [0.5, 0.6) is 0 Å². The molecule has 0 aliphatic carbocycles. The summed E-state index contributed by atoms with van der Waals surface area (Å²) in [6, 6.07) is 7.05. The minimum atomic E-state index is -1.06. The van der Waals surface area contributed by atoms with Crippen LogP contribution in [-0.4, -0.2) is 21.3 Å². The number of carbonyl (C=O) groups is 1. The summed E-state index contributed by atoms with van der Waals surface area (Å²) in [7, 11) is 0. The van der Waals surface area contributed by atoms with Crippen molar-refractivity contribution >= 4 is 16.9 Å². The van der Waals surface area contributed by atoms with Crippen molar-refractivity contribution in [1.82, 2.24) is 10.2 Å². The van der Waals surface area contributed by atoms with Crippen molar-refractivity contribution in [1.29, 1.82) is 0 Å². The van der Waals surface area contributed by atoms with Gasteiger partial charge in [-0.1, -0.05) is 12.1 Å². The van der Waals surface area contributed by atoms with Gasteiger partial charge in [0.1, 0.15) is 29.0 Å². The second kappa shape index (κ2) is 3.69. The molecule has 0 aromatic heterocycles. The largest absolute Gasteiger partial charge is 0.481 e. The fourth-order valence-corrected chi connectivity index (χ4v) is 1.98. The third kappa shape index (κ3) is 1.46. The second-order valence-electron chi connectivity index (χ2n) is 3.87. The van der Waals surface area contributed by atoms with Crippen LogP contribution in [0.1, 0.15) is 5.76 Å². The minimum Gasteiger partial charge on any atom is -0.481 e. The van der Waals surface area contributed by atoms with E-state index in [9.17, 15) is 9.59 Å². The van der Waals surface area contributed by atoms with Gasteiger partial charge in [-0.15, -0.1) is 0 Å². The van der Waals surface area contributed by atoms with Gasteiger partial charge in [0, 0.05) is 5.39 Å². The number of nitrogens with zero attached hydrogens (tertiary/aromatic N) is 1. The molecule has 0 amide bonds. The highest BCUT2D eigenvalue weighted by Crippen LogP contribution is 2.30. The summed E-state index contributed by atoms with van der Waals surface area (Å²) in [4.78, 5) is 22.4. The summed E-state index contributed by atoms with van der Waals surface area (Å²) in [5, 5.41) is 15.8. The van der Waals surface area contributed by atoms with E-state index >= 15 is 0 Å². The number of H-pyrrole nitrogens is 1. The Bertz CT molecular complexity index is 771. The zero-order valence-electron chi connectivity index (χ0n) is 9.14. The van der Waals surface area contributed by atoms with Crippen LogP contribution in [0, 0.1) is 0 Å². The summed E-state index contributed by atoms with van der Waals surface area (Å²) in [6.07, 6.45) is -0.351. The number of aromatic amines is 1. The molecule has 6 heteroatoms.